The van der Waals surface area contributed by atoms with Gasteiger partial charge in [0.2, 0.25) is 0 Å². The van der Waals surface area contributed by atoms with Gasteiger partial charge in [0.1, 0.15) is 0 Å². The molecule has 0 spiro atoms. The highest BCUT2D eigenvalue weighted by molar-refractivity contribution is 9.10. The van der Waals surface area contributed by atoms with Crippen molar-refractivity contribution in [3.05, 3.63) is 58.6 Å². The van der Waals surface area contributed by atoms with E-state index in [4.69, 9.17) is 0 Å². The molecule has 2 aliphatic heterocycles. The third kappa shape index (κ3) is 2.75. The van der Waals surface area contributed by atoms with E-state index < -0.39 is 9.84 Å². The van der Waals surface area contributed by atoms with Gasteiger partial charge in [-0.3, -0.25) is 9.80 Å². The monoisotopic (exact) mass is 420 g/mol. The summed E-state index contributed by atoms with van der Waals surface area (Å²) in [5, 5.41) is 0. The molecule has 0 N–H and O–H groups in total. The van der Waals surface area contributed by atoms with Gasteiger partial charge in [0, 0.05) is 15.8 Å². The highest BCUT2D eigenvalue weighted by Gasteiger charge is 2.54. The fourth-order valence-corrected chi connectivity index (χ4v) is 6.05. The number of amides is 2. The van der Waals surface area contributed by atoms with E-state index in [0.29, 0.717) is 5.69 Å². The van der Waals surface area contributed by atoms with Gasteiger partial charge in [0.05, 0.1) is 23.6 Å². The standard InChI is InChI=1S/C18H17BrN2O3S/c1-12-5-2-3-8-15(12)21-17-11-25(23,24)10-16(17)20(18(21)22)14-7-4-6-13(19)9-14/h2-9,16-17H,10-11H2,1H3. The molecule has 130 valence electrons. The van der Waals surface area contributed by atoms with Crippen molar-refractivity contribution in [2.24, 2.45) is 0 Å². The zero-order valence-corrected chi connectivity index (χ0v) is 16.0. The molecular formula is C18H17BrN2O3S. The normalized spacial score (nSPS) is 24.6. The van der Waals surface area contributed by atoms with Crippen LogP contribution in [0.3, 0.4) is 0 Å². The van der Waals surface area contributed by atoms with Crippen molar-refractivity contribution >= 4 is 43.2 Å². The number of para-hydroxylation sites is 1. The Morgan fingerprint density at radius 2 is 1.68 bits per heavy atom. The first-order valence-corrected chi connectivity index (χ1v) is 10.6. The summed E-state index contributed by atoms with van der Waals surface area (Å²) in [4.78, 5) is 16.5. The highest BCUT2D eigenvalue weighted by atomic mass is 79.9. The number of hydrogen-bond acceptors (Lipinski definition) is 3. The number of anilines is 2. The van der Waals surface area contributed by atoms with Crippen LogP contribution in [0.25, 0.3) is 0 Å². The second kappa shape index (κ2) is 5.85. The number of halogens is 1. The summed E-state index contributed by atoms with van der Waals surface area (Å²) < 4.78 is 25.4. The molecule has 2 saturated heterocycles. The molecule has 2 amide bonds. The molecule has 0 saturated carbocycles. The zero-order valence-electron chi connectivity index (χ0n) is 13.6. The molecule has 5 nitrogen and oxygen atoms in total. The lowest BCUT2D eigenvalue weighted by atomic mass is 10.1. The number of benzene rings is 2. The van der Waals surface area contributed by atoms with Crippen LogP contribution in [0.15, 0.2) is 53.0 Å². The fourth-order valence-electron chi connectivity index (χ4n) is 3.75. The Morgan fingerprint density at radius 3 is 2.36 bits per heavy atom. The summed E-state index contributed by atoms with van der Waals surface area (Å²) in [5.41, 5.74) is 2.44. The molecule has 2 heterocycles. The Labute approximate surface area is 155 Å². The summed E-state index contributed by atoms with van der Waals surface area (Å²) in [6.07, 6.45) is 0. The van der Waals surface area contributed by atoms with E-state index in [2.05, 4.69) is 15.9 Å². The molecule has 0 aliphatic carbocycles. The van der Waals surface area contributed by atoms with Crippen LogP contribution in [0.4, 0.5) is 16.2 Å². The number of hydrogen-bond donors (Lipinski definition) is 0. The molecular weight excluding hydrogens is 404 g/mol. The van der Waals surface area contributed by atoms with Crippen LogP contribution in [0, 0.1) is 6.92 Å². The minimum atomic E-state index is -3.18. The molecule has 2 aromatic rings. The lowest BCUT2D eigenvalue weighted by Crippen LogP contribution is -2.38. The third-order valence-corrected chi connectivity index (χ3v) is 7.02. The van der Waals surface area contributed by atoms with E-state index in [1.165, 1.54) is 0 Å². The molecule has 7 heteroatoms. The van der Waals surface area contributed by atoms with Crippen LogP contribution in [-0.2, 0) is 9.84 Å². The highest BCUT2D eigenvalue weighted by Crippen LogP contribution is 2.39. The number of nitrogens with zero attached hydrogens (tertiary/aromatic N) is 2. The number of rotatable bonds is 2. The Kier molecular flexibility index (Phi) is 3.88. The van der Waals surface area contributed by atoms with Crippen molar-refractivity contribution in [3.8, 4) is 0 Å². The van der Waals surface area contributed by atoms with Gasteiger partial charge in [-0.05, 0) is 36.8 Å². The largest absolute Gasteiger partial charge is 0.329 e. The Morgan fingerprint density at radius 1 is 1.00 bits per heavy atom. The van der Waals surface area contributed by atoms with Crippen LogP contribution < -0.4 is 9.80 Å². The van der Waals surface area contributed by atoms with Gasteiger partial charge in [0.25, 0.3) is 0 Å². The molecule has 2 aliphatic rings. The minimum Gasteiger partial charge on any atom is -0.288 e. The van der Waals surface area contributed by atoms with E-state index in [1.807, 2.05) is 55.5 Å². The summed E-state index contributed by atoms with van der Waals surface area (Å²) >= 11 is 3.43. The number of urea groups is 1. The zero-order chi connectivity index (χ0) is 17.8. The van der Waals surface area contributed by atoms with Crippen molar-refractivity contribution in [2.45, 2.75) is 19.0 Å². The lowest BCUT2D eigenvalue weighted by molar-refractivity contribution is 0.255. The molecule has 25 heavy (non-hydrogen) atoms. The summed E-state index contributed by atoms with van der Waals surface area (Å²) in [6.45, 7) is 1.93. The first kappa shape index (κ1) is 16.6. The number of fused-ring (bicyclic) bond motifs is 1. The fraction of sp³-hybridized carbons (Fsp3) is 0.278. The maximum Gasteiger partial charge on any atom is 0.329 e. The second-order valence-corrected chi connectivity index (χ2v) is 9.57. The third-order valence-electron chi connectivity index (χ3n) is 4.83. The van der Waals surface area contributed by atoms with Crippen molar-refractivity contribution < 1.29 is 13.2 Å². The Balaban J connectivity index is 1.84. The minimum absolute atomic E-state index is 0.00169. The second-order valence-electron chi connectivity index (χ2n) is 6.50. The number of carbonyl (C=O) groups is 1. The van der Waals surface area contributed by atoms with Crippen LogP contribution in [-0.4, -0.2) is 38.0 Å². The molecule has 2 atom stereocenters. The predicted octanol–water partition coefficient (Wildman–Crippen LogP) is 3.37. The van der Waals surface area contributed by atoms with Gasteiger partial charge >= 0.3 is 6.03 Å². The number of aryl methyl sites for hydroxylation is 1. The maximum atomic E-state index is 13.2. The van der Waals surface area contributed by atoms with E-state index in [1.54, 1.807) is 9.80 Å². The quantitative estimate of drug-likeness (QED) is 0.699. The molecule has 4 rings (SSSR count). The number of carbonyl (C=O) groups excluding carboxylic acids is 1. The van der Waals surface area contributed by atoms with Crippen LogP contribution >= 0.6 is 15.9 Å². The van der Waals surface area contributed by atoms with Crippen molar-refractivity contribution in [1.29, 1.82) is 0 Å². The smallest absolute Gasteiger partial charge is 0.288 e. The Hall–Kier alpha value is -1.86. The van der Waals surface area contributed by atoms with Gasteiger partial charge in [0.15, 0.2) is 9.84 Å². The van der Waals surface area contributed by atoms with Gasteiger partial charge in [-0.2, -0.15) is 0 Å². The topological polar surface area (TPSA) is 57.7 Å². The van der Waals surface area contributed by atoms with E-state index >= 15 is 0 Å². The lowest BCUT2D eigenvalue weighted by Gasteiger charge is -2.24. The molecule has 0 aromatic heterocycles. The number of sulfone groups is 1. The molecule has 0 bridgehead atoms. The summed E-state index contributed by atoms with van der Waals surface area (Å²) in [6, 6.07) is 14.1. The van der Waals surface area contributed by atoms with Crippen LogP contribution in [0.5, 0.6) is 0 Å². The van der Waals surface area contributed by atoms with Gasteiger partial charge in [-0.25, -0.2) is 13.2 Å². The van der Waals surface area contributed by atoms with Crippen LogP contribution in [0.2, 0.25) is 0 Å². The van der Waals surface area contributed by atoms with E-state index in [0.717, 1.165) is 15.7 Å². The Bertz CT molecular complexity index is 960. The summed E-state index contributed by atoms with van der Waals surface area (Å²) in [7, 11) is -3.18. The maximum absolute atomic E-state index is 13.2. The van der Waals surface area contributed by atoms with E-state index in [-0.39, 0.29) is 29.6 Å². The van der Waals surface area contributed by atoms with Crippen LogP contribution in [0.1, 0.15) is 5.56 Å². The molecule has 2 unspecified atom stereocenters. The molecule has 2 aromatic carbocycles. The van der Waals surface area contributed by atoms with Crippen molar-refractivity contribution in [1.82, 2.24) is 0 Å². The van der Waals surface area contributed by atoms with Gasteiger partial charge in [-0.15, -0.1) is 0 Å². The van der Waals surface area contributed by atoms with Crippen molar-refractivity contribution in [3.63, 3.8) is 0 Å². The first-order chi connectivity index (χ1) is 11.9. The van der Waals surface area contributed by atoms with Gasteiger partial charge < -0.3 is 0 Å². The molecule has 0 radical (unpaired) electrons. The average Bonchev–Trinajstić information content (AvgIpc) is 2.97. The summed E-state index contributed by atoms with van der Waals surface area (Å²) in [5.74, 6) is 0.000541. The first-order valence-electron chi connectivity index (χ1n) is 8.01. The predicted molar refractivity (Wildman–Crippen MR) is 102 cm³/mol. The molecule has 2 fully saturated rings. The van der Waals surface area contributed by atoms with E-state index in [9.17, 15) is 13.2 Å². The van der Waals surface area contributed by atoms with Gasteiger partial charge in [-0.1, -0.05) is 40.2 Å². The SMILES string of the molecule is Cc1ccccc1N1C(=O)N(c2cccc(Br)c2)C2CS(=O)(=O)CC21. The average molecular weight is 421 g/mol. The van der Waals surface area contributed by atoms with Crippen molar-refractivity contribution in [2.75, 3.05) is 21.3 Å².